The molecule has 0 aromatic carbocycles. The molecule has 0 amide bonds. The number of halogens is 2. The predicted octanol–water partition coefficient (Wildman–Crippen LogP) is 2.39. The van der Waals surface area contributed by atoms with Gasteiger partial charge in [0.2, 0.25) is 0 Å². The highest BCUT2D eigenvalue weighted by Gasteiger charge is 2.27. The van der Waals surface area contributed by atoms with Gasteiger partial charge in [-0.3, -0.25) is 0 Å². The molecule has 0 radical (unpaired) electrons. The van der Waals surface area contributed by atoms with Crippen molar-refractivity contribution in [2.75, 3.05) is 24.6 Å². The highest BCUT2D eigenvalue weighted by Crippen LogP contribution is 2.12. The summed E-state index contributed by atoms with van der Waals surface area (Å²) in [6, 6.07) is 0. The van der Waals surface area contributed by atoms with Crippen molar-refractivity contribution in [1.29, 1.82) is 0 Å². The average molecular weight is 429 g/mol. The molecule has 0 aliphatic carbocycles. The van der Waals surface area contributed by atoms with Crippen LogP contribution in [0.4, 0.5) is 0 Å². The van der Waals surface area contributed by atoms with Gasteiger partial charge in [-0.05, 0) is 19.4 Å². The minimum Gasteiger partial charge on any atom is -0.330 e. The molecule has 0 bridgehead atoms. The Labute approximate surface area is 159 Å². The minimum absolute atomic E-state index is 0. The zero-order chi connectivity index (χ0) is 16.9. The van der Waals surface area contributed by atoms with Crippen LogP contribution in [0.15, 0.2) is 0 Å². The van der Waals surface area contributed by atoms with Crippen LogP contribution in [0.5, 0.6) is 0 Å². The molecule has 0 heterocycles. The number of hydrogen-bond acceptors (Lipinski definition) is 6. The van der Waals surface area contributed by atoms with E-state index in [1.165, 1.54) is 25.7 Å². The second-order valence-corrected chi connectivity index (χ2v) is 11.7. The Hall–Kier alpha value is 0.400. The molecule has 0 aliphatic rings. The van der Waals surface area contributed by atoms with Crippen LogP contribution in [0.1, 0.15) is 64.2 Å². The van der Waals surface area contributed by atoms with Gasteiger partial charge in [-0.2, -0.15) is 0 Å². The van der Waals surface area contributed by atoms with Crippen molar-refractivity contribution >= 4 is 42.6 Å². The molecule has 6 nitrogen and oxygen atoms in total. The van der Waals surface area contributed by atoms with Gasteiger partial charge in [-0.1, -0.05) is 51.4 Å². The van der Waals surface area contributed by atoms with E-state index in [1.807, 2.05) is 0 Å². The first kappa shape index (κ1) is 29.2. The standard InChI is InChI=1S/C14H32N2O4S2.2ClH/c15-11-9-7-5-3-1-2-4-6-8-10-13-21(17,18)22(19,20)14-12-16;;/h1-16H2;2*1H. The molecule has 0 rings (SSSR count). The number of unbranched alkanes of at least 4 members (excludes halogenated alkanes) is 9. The van der Waals surface area contributed by atoms with Gasteiger partial charge in [0, 0.05) is 6.54 Å². The fraction of sp³-hybridized carbons (Fsp3) is 1.00. The molecule has 0 saturated heterocycles. The van der Waals surface area contributed by atoms with E-state index in [1.54, 1.807) is 0 Å². The summed E-state index contributed by atoms with van der Waals surface area (Å²) in [4.78, 5) is 0. The van der Waals surface area contributed by atoms with Crippen molar-refractivity contribution in [3.8, 4) is 0 Å². The summed E-state index contributed by atoms with van der Waals surface area (Å²) in [6.07, 6.45) is 10.3. The molecule has 0 atom stereocenters. The maximum Gasteiger partial charge on any atom is 0.254 e. The Morgan fingerprint density at radius 3 is 1.17 bits per heavy atom. The summed E-state index contributed by atoms with van der Waals surface area (Å²) < 4.78 is 46.3. The number of nitrogens with two attached hydrogens (primary N) is 2. The Morgan fingerprint density at radius 2 is 0.792 bits per heavy atom. The summed E-state index contributed by atoms with van der Waals surface area (Å²) in [7, 11) is -8.13. The van der Waals surface area contributed by atoms with Crippen LogP contribution in [0.3, 0.4) is 0 Å². The van der Waals surface area contributed by atoms with E-state index in [0.717, 1.165) is 38.6 Å². The quantitative estimate of drug-likeness (QED) is 0.305. The van der Waals surface area contributed by atoms with Crippen molar-refractivity contribution in [1.82, 2.24) is 0 Å². The Kier molecular flexibility index (Phi) is 20.5. The maximum atomic E-state index is 11.7. The lowest BCUT2D eigenvalue weighted by atomic mass is 10.1. The zero-order valence-corrected chi connectivity index (χ0v) is 17.6. The molecular formula is C14H34Cl2N2O4S2. The molecular weight excluding hydrogens is 395 g/mol. The third-order valence-corrected chi connectivity index (χ3v) is 9.22. The topological polar surface area (TPSA) is 120 Å². The smallest absolute Gasteiger partial charge is 0.254 e. The van der Waals surface area contributed by atoms with Crippen LogP contribution in [-0.4, -0.2) is 41.4 Å². The molecule has 0 fully saturated rings. The highest BCUT2D eigenvalue weighted by atomic mass is 35.5. The summed E-state index contributed by atoms with van der Waals surface area (Å²) in [5, 5.41) is 0. The molecule has 0 aromatic heterocycles. The second-order valence-electron chi connectivity index (χ2n) is 5.64. The highest BCUT2D eigenvalue weighted by molar-refractivity contribution is 8.67. The van der Waals surface area contributed by atoms with Gasteiger partial charge in [-0.25, -0.2) is 16.8 Å². The fourth-order valence-electron chi connectivity index (χ4n) is 2.24. The third kappa shape index (κ3) is 13.7. The third-order valence-electron chi connectivity index (χ3n) is 3.60. The summed E-state index contributed by atoms with van der Waals surface area (Å²) in [6.45, 7) is 0.608. The summed E-state index contributed by atoms with van der Waals surface area (Å²) >= 11 is 0. The van der Waals surface area contributed by atoms with Crippen LogP contribution < -0.4 is 11.5 Å². The minimum atomic E-state index is -4.08. The lowest BCUT2D eigenvalue weighted by molar-refractivity contribution is 0.554. The van der Waals surface area contributed by atoms with E-state index in [4.69, 9.17) is 11.5 Å². The van der Waals surface area contributed by atoms with Crippen LogP contribution >= 0.6 is 24.8 Å². The van der Waals surface area contributed by atoms with E-state index < -0.39 is 23.5 Å². The van der Waals surface area contributed by atoms with Crippen LogP contribution in [0, 0.1) is 0 Å². The number of hydrogen-bond donors (Lipinski definition) is 2. The molecule has 0 saturated carbocycles. The van der Waals surface area contributed by atoms with Gasteiger partial charge in [-0.15, -0.1) is 24.8 Å². The maximum absolute atomic E-state index is 11.7. The van der Waals surface area contributed by atoms with Crippen molar-refractivity contribution in [3.05, 3.63) is 0 Å². The van der Waals surface area contributed by atoms with Gasteiger partial charge in [0.15, 0.2) is 0 Å². The Balaban J connectivity index is -0.00000220. The van der Waals surface area contributed by atoms with Gasteiger partial charge >= 0.3 is 0 Å². The van der Waals surface area contributed by atoms with E-state index >= 15 is 0 Å². The largest absolute Gasteiger partial charge is 0.330 e. The Morgan fingerprint density at radius 1 is 0.458 bits per heavy atom. The fourth-order valence-corrected chi connectivity index (χ4v) is 5.76. The average Bonchev–Trinajstić information content (AvgIpc) is 2.44. The molecule has 150 valence electrons. The summed E-state index contributed by atoms with van der Waals surface area (Å²) in [5.41, 5.74) is 10.5. The molecule has 24 heavy (non-hydrogen) atoms. The SMILES string of the molecule is Cl.Cl.NCCCCCCCCCCCCS(=O)(=O)S(=O)(=O)CCN. The van der Waals surface area contributed by atoms with E-state index in [2.05, 4.69) is 0 Å². The Bertz CT molecular complexity index is 471. The zero-order valence-electron chi connectivity index (χ0n) is 14.3. The van der Waals surface area contributed by atoms with Crippen LogP contribution in [-0.2, 0) is 17.7 Å². The van der Waals surface area contributed by atoms with Gasteiger partial charge in [0.05, 0.1) is 11.5 Å². The monoisotopic (exact) mass is 428 g/mol. The number of rotatable bonds is 15. The lowest BCUT2D eigenvalue weighted by Crippen LogP contribution is -2.25. The molecule has 4 N–H and O–H groups in total. The normalized spacial score (nSPS) is 11.6. The van der Waals surface area contributed by atoms with E-state index in [-0.39, 0.29) is 37.1 Å². The first-order chi connectivity index (χ1) is 10.4. The van der Waals surface area contributed by atoms with Crippen LogP contribution in [0.25, 0.3) is 0 Å². The van der Waals surface area contributed by atoms with Gasteiger partial charge in [0.1, 0.15) is 0 Å². The molecule has 0 unspecified atom stereocenters. The van der Waals surface area contributed by atoms with Crippen molar-refractivity contribution in [2.45, 2.75) is 64.2 Å². The van der Waals surface area contributed by atoms with Gasteiger partial charge < -0.3 is 11.5 Å². The van der Waals surface area contributed by atoms with Crippen molar-refractivity contribution in [3.63, 3.8) is 0 Å². The van der Waals surface area contributed by atoms with Crippen LogP contribution in [0.2, 0.25) is 0 Å². The first-order valence-electron chi connectivity index (χ1n) is 8.23. The molecule has 0 aromatic rings. The second kappa shape index (κ2) is 16.8. The van der Waals surface area contributed by atoms with Crippen molar-refractivity contribution < 1.29 is 16.8 Å². The van der Waals surface area contributed by atoms with Gasteiger partial charge in [0.25, 0.3) is 17.7 Å². The lowest BCUT2D eigenvalue weighted by Gasteiger charge is -2.05. The summed E-state index contributed by atoms with van der Waals surface area (Å²) in [5.74, 6) is -0.770. The molecule has 0 spiro atoms. The predicted molar refractivity (Wildman–Crippen MR) is 106 cm³/mol. The van der Waals surface area contributed by atoms with Crippen molar-refractivity contribution in [2.24, 2.45) is 11.5 Å². The first-order valence-corrected chi connectivity index (χ1v) is 12.0. The molecule has 10 heteroatoms. The molecule has 0 aliphatic heterocycles. The van der Waals surface area contributed by atoms with E-state index in [9.17, 15) is 16.8 Å². The van der Waals surface area contributed by atoms with E-state index in [0.29, 0.717) is 6.42 Å².